The van der Waals surface area contributed by atoms with Gasteiger partial charge in [0, 0.05) is 6.04 Å². The minimum atomic E-state index is 0.456. The molecular weight excluding hydrogens is 256 g/mol. The molecule has 2 rings (SSSR count). The van der Waals surface area contributed by atoms with Crippen molar-refractivity contribution in [2.45, 2.75) is 52.0 Å². The van der Waals surface area contributed by atoms with Crippen molar-refractivity contribution in [1.29, 1.82) is 0 Å². The molecule has 1 aliphatic heterocycles. The lowest BCUT2D eigenvalue weighted by atomic mass is 9.93. The van der Waals surface area contributed by atoms with E-state index in [1.807, 2.05) is 0 Å². The Morgan fingerprint density at radius 2 is 1.62 bits per heavy atom. The predicted octanol–water partition coefficient (Wildman–Crippen LogP) is 4.19. The highest BCUT2D eigenvalue weighted by Crippen LogP contribution is 2.21. The van der Waals surface area contributed by atoms with Gasteiger partial charge in [0.15, 0.2) is 0 Å². The van der Waals surface area contributed by atoms with Crippen LogP contribution in [-0.2, 0) is 0 Å². The number of benzene rings is 1. The molecule has 21 heavy (non-hydrogen) atoms. The third-order valence-electron chi connectivity index (χ3n) is 4.94. The molecule has 1 fully saturated rings. The SMILES string of the molecule is CC(C)c1ccc(C(C)NCCC2CCN(C)CC2)cc1. The first kappa shape index (κ1) is 16.5. The van der Waals surface area contributed by atoms with E-state index in [4.69, 9.17) is 0 Å². The first-order valence-electron chi connectivity index (χ1n) is 8.58. The fourth-order valence-electron chi connectivity index (χ4n) is 3.14. The Balaban J connectivity index is 1.72. The largest absolute Gasteiger partial charge is 0.310 e. The average molecular weight is 288 g/mol. The minimum absolute atomic E-state index is 0.456. The average Bonchev–Trinajstić information content (AvgIpc) is 2.49. The predicted molar refractivity (Wildman–Crippen MR) is 91.8 cm³/mol. The molecular formula is C19H32N2. The molecule has 1 heterocycles. The molecule has 1 unspecified atom stereocenters. The molecule has 1 aliphatic rings. The molecule has 2 nitrogen and oxygen atoms in total. The van der Waals surface area contributed by atoms with Gasteiger partial charge in [-0.15, -0.1) is 0 Å². The Labute approximate surface area is 130 Å². The number of piperidine rings is 1. The molecule has 1 N–H and O–H groups in total. The summed E-state index contributed by atoms with van der Waals surface area (Å²) < 4.78 is 0. The highest BCUT2D eigenvalue weighted by Gasteiger charge is 2.16. The molecule has 0 amide bonds. The fourth-order valence-corrected chi connectivity index (χ4v) is 3.14. The van der Waals surface area contributed by atoms with Gasteiger partial charge in [-0.3, -0.25) is 0 Å². The molecule has 0 radical (unpaired) electrons. The van der Waals surface area contributed by atoms with E-state index in [0.717, 1.165) is 12.5 Å². The second-order valence-electron chi connectivity index (χ2n) is 7.03. The van der Waals surface area contributed by atoms with Crippen molar-refractivity contribution in [3.8, 4) is 0 Å². The molecule has 118 valence electrons. The Morgan fingerprint density at radius 1 is 1.05 bits per heavy atom. The first-order valence-corrected chi connectivity index (χ1v) is 8.58. The summed E-state index contributed by atoms with van der Waals surface area (Å²) in [5.74, 6) is 1.54. The molecule has 2 heteroatoms. The molecule has 0 saturated carbocycles. The Kier molecular flexibility index (Phi) is 6.25. The Hall–Kier alpha value is -0.860. The maximum absolute atomic E-state index is 3.69. The van der Waals surface area contributed by atoms with Crippen molar-refractivity contribution in [3.63, 3.8) is 0 Å². The highest BCUT2D eigenvalue weighted by molar-refractivity contribution is 5.26. The number of nitrogens with zero attached hydrogens (tertiary/aromatic N) is 1. The number of rotatable bonds is 6. The standard InChI is InChI=1S/C19H32N2/c1-15(2)18-5-7-19(8-6-18)16(3)20-12-9-17-10-13-21(4)14-11-17/h5-8,15-17,20H,9-14H2,1-4H3. The lowest BCUT2D eigenvalue weighted by molar-refractivity contribution is 0.211. The molecule has 0 bridgehead atoms. The van der Waals surface area contributed by atoms with Crippen LogP contribution in [0.5, 0.6) is 0 Å². The number of nitrogens with one attached hydrogen (secondary N) is 1. The van der Waals surface area contributed by atoms with E-state index >= 15 is 0 Å². The molecule has 0 aliphatic carbocycles. The molecule has 1 aromatic carbocycles. The first-order chi connectivity index (χ1) is 10.1. The van der Waals surface area contributed by atoms with Gasteiger partial charge in [-0.05, 0) is 75.8 Å². The van der Waals surface area contributed by atoms with Crippen molar-refractivity contribution >= 4 is 0 Å². The van der Waals surface area contributed by atoms with Crippen LogP contribution in [0, 0.1) is 5.92 Å². The van der Waals surface area contributed by atoms with Crippen molar-refractivity contribution in [2.24, 2.45) is 5.92 Å². The maximum atomic E-state index is 3.69. The zero-order valence-corrected chi connectivity index (χ0v) is 14.2. The van der Waals surface area contributed by atoms with Crippen molar-refractivity contribution < 1.29 is 0 Å². The van der Waals surface area contributed by atoms with E-state index in [2.05, 4.69) is 62.3 Å². The summed E-state index contributed by atoms with van der Waals surface area (Å²) in [6.07, 6.45) is 4.06. The highest BCUT2D eigenvalue weighted by atomic mass is 15.1. The molecule has 0 spiro atoms. The van der Waals surface area contributed by atoms with E-state index in [9.17, 15) is 0 Å². The number of hydrogen-bond donors (Lipinski definition) is 1. The van der Waals surface area contributed by atoms with Gasteiger partial charge in [0.25, 0.3) is 0 Å². The summed E-state index contributed by atoms with van der Waals surface area (Å²) in [5, 5.41) is 3.69. The Bertz CT molecular complexity index is 402. The van der Waals surface area contributed by atoms with Gasteiger partial charge in [-0.2, -0.15) is 0 Å². The summed E-state index contributed by atoms with van der Waals surface area (Å²) in [7, 11) is 2.23. The molecule has 1 saturated heterocycles. The van der Waals surface area contributed by atoms with Crippen LogP contribution >= 0.6 is 0 Å². The van der Waals surface area contributed by atoms with Crippen LogP contribution in [0.1, 0.15) is 63.1 Å². The lowest BCUT2D eigenvalue weighted by Gasteiger charge is -2.29. The zero-order chi connectivity index (χ0) is 15.2. The second kappa shape index (κ2) is 7.95. The van der Waals surface area contributed by atoms with E-state index < -0.39 is 0 Å². The van der Waals surface area contributed by atoms with Gasteiger partial charge in [0.2, 0.25) is 0 Å². The number of likely N-dealkylation sites (tertiary alicyclic amines) is 1. The van der Waals surface area contributed by atoms with Crippen LogP contribution in [0.15, 0.2) is 24.3 Å². The Morgan fingerprint density at radius 3 is 2.19 bits per heavy atom. The van der Waals surface area contributed by atoms with E-state index in [0.29, 0.717) is 12.0 Å². The smallest absolute Gasteiger partial charge is 0.0291 e. The third-order valence-corrected chi connectivity index (χ3v) is 4.94. The van der Waals surface area contributed by atoms with Gasteiger partial charge in [0.05, 0.1) is 0 Å². The molecule has 0 aromatic heterocycles. The zero-order valence-electron chi connectivity index (χ0n) is 14.2. The summed E-state index contributed by atoms with van der Waals surface area (Å²) >= 11 is 0. The number of hydrogen-bond acceptors (Lipinski definition) is 2. The second-order valence-corrected chi connectivity index (χ2v) is 7.03. The monoisotopic (exact) mass is 288 g/mol. The van der Waals surface area contributed by atoms with Gasteiger partial charge >= 0.3 is 0 Å². The quantitative estimate of drug-likeness (QED) is 0.844. The van der Waals surface area contributed by atoms with Crippen LogP contribution in [0.3, 0.4) is 0 Å². The van der Waals surface area contributed by atoms with E-state index in [-0.39, 0.29) is 0 Å². The van der Waals surface area contributed by atoms with Gasteiger partial charge in [0.1, 0.15) is 0 Å². The summed E-state index contributed by atoms with van der Waals surface area (Å²) in [5.41, 5.74) is 2.83. The summed E-state index contributed by atoms with van der Waals surface area (Å²) in [6, 6.07) is 9.56. The van der Waals surface area contributed by atoms with Crippen LogP contribution in [0.4, 0.5) is 0 Å². The van der Waals surface area contributed by atoms with Crippen LogP contribution in [-0.4, -0.2) is 31.6 Å². The van der Waals surface area contributed by atoms with Crippen molar-refractivity contribution in [3.05, 3.63) is 35.4 Å². The summed E-state index contributed by atoms with van der Waals surface area (Å²) in [6.45, 7) is 10.5. The molecule has 1 atom stereocenters. The lowest BCUT2D eigenvalue weighted by Crippen LogP contribution is -2.32. The fraction of sp³-hybridized carbons (Fsp3) is 0.684. The van der Waals surface area contributed by atoms with Crippen LogP contribution in [0.2, 0.25) is 0 Å². The maximum Gasteiger partial charge on any atom is 0.0291 e. The minimum Gasteiger partial charge on any atom is -0.310 e. The molecule has 1 aromatic rings. The topological polar surface area (TPSA) is 15.3 Å². The van der Waals surface area contributed by atoms with Crippen molar-refractivity contribution in [2.75, 3.05) is 26.7 Å². The van der Waals surface area contributed by atoms with E-state index in [1.165, 1.54) is 43.5 Å². The van der Waals surface area contributed by atoms with Gasteiger partial charge in [-0.1, -0.05) is 38.1 Å². The normalized spacial score (nSPS) is 19.1. The van der Waals surface area contributed by atoms with E-state index in [1.54, 1.807) is 0 Å². The summed E-state index contributed by atoms with van der Waals surface area (Å²) in [4.78, 5) is 2.45. The van der Waals surface area contributed by atoms with Gasteiger partial charge in [-0.25, -0.2) is 0 Å². The van der Waals surface area contributed by atoms with Gasteiger partial charge < -0.3 is 10.2 Å². The van der Waals surface area contributed by atoms with Crippen LogP contribution in [0.25, 0.3) is 0 Å². The third kappa shape index (κ3) is 5.12. The van der Waals surface area contributed by atoms with Crippen LogP contribution < -0.4 is 5.32 Å². The van der Waals surface area contributed by atoms with Crippen molar-refractivity contribution in [1.82, 2.24) is 10.2 Å².